The maximum atomic E-state index is 12.8. The van der Waals surface area contributed by atoms with Gasteiger partial charge in [0, 0.05) is 25.8 Å². The zero-order chi connectivity index (χ0) is 20.6. The van der Waals surface area contributed by atoms with Crippen molar-refractivity contribution in [2.75, 3.05) is 39.3 Å². The van der Waals surface area contributed by atoms with E-state index in [-0.39, 0.29) is 36.4 Å². The lowest BCUT2D eigenvalue weighted by Crippen LogP contribution is -2.45. The fourth-order valence-electron chi connectivity index (χ4n) is 3.44. The highest BCUT2D eigenvalue weighted by molar-refractivity contribution is 14.0. The number of carbonyl (C=O) groups excluding carboxylic acids is 1. The second-order valence-corrected chi connectivity index (χ2v) is 6.75. The summed E-state index contributed by atoms with van der Waals surface area (Å²) in [5, 5.41) is 6.33. The van der Waals surface area contributed by atoms with Gasteiger partial charge in [-0.25, -0.2) is 0 Å². The summed E-state index contributed by atoms with van der Waals surface area (Å²) in [7, 11) is 4.91. The number of hydrogen-bond acceptors (Lipinski definition) is 4. The van der Waals surface area contributed by atoms with Crippen molar-refractivity contribution in [3.63, 3.8) is 0 Å². The van der Waals surface area contributed by atoms with Crippen LogP contribution in [0.2, 0.25) is 0 Å². The van der Waals surface area contributed by atoms with E-state index in [9.17, 15) is 4.79 Å². The van der Waals surface area contributed by atoms with Gasteiger partial charge < -0.3 is 25.0 Å². The van der Waals surface area contributed by atoms with Gasteiger partial charge in [-0.2, -0.15) is 0 Å². The van der Waals surface area contributed by atoms with E-state index in [0.717, 1.165) is 30.6 Å². The minimum absolute atomic E-state index is 0. The molecule has 0 unspecified atom stereocenters. The highest BCUT2D eigenvalue weighted by Gasteiger charge is 2.21. The Morgan fingerprint density at radius 3 is 2.60 bits per heavy atom. The molecule has 1 amide bonds. The molecule has 2 aromatic carbocycles. The predicted octanol–water partition coefficient (Wildman–Crippen LogP) is 2.97. The largest absolute Gasteiger partial charge is 0.493 e. The lowest BCUT2D eigenvalue weighted by atomic mass is 10.0. The van der Waals surface area contributed by atoms with Crippen LogP contribution in [0.4, 0.5) is 5.69 Å². The first-order valence-electron chi connectivity index (χ1n) is 9.70. The van der Waals surface area contributed by atoms with Gasteiger partial charge in [0.25, 0.3) is 0 Å². The fraction of sp³-hybridized carbons (Fsp3) is 0.364. The Labute approximate surface area is 194 Å². The maximum absolute atomic E-state index is 12.8. The lowest BCUT2D eigenvalue weighted by molar-refractivity contribution is -0.117. The molecule has 0 bridgehead atoms. The van der Waals surface area contributed by atoms with Gasteiger partial charge in [-0.05, 0) is 42.2 Å². The molecule has 162 valence electrons. The van der Waals surface area contributed by atoms with Gasteiger partial charge in [0.1, 0.15) is 0 Å². The van der Waals surface area contributed by atoms with Crippen LogP contribution in [0.3, 0.4) is 0 Å². The molecule has 0 spiro atoms. The molecule has 0 atom stereocenters. The summed E-state index contributed by atoms with van der Waals surface area (Å²) in [6.45, 7) is 1.47. The Kier molecular flexibility index (Phi) is 9.22. The molecule has 1 aliphatic heterocycles. The molecule has 1 aliphatic rings. The van der Waals surface area contributed by atoms with Gasteiger partial charge in [-0.1, -0.05) is 24.3 Å². The van der Waals surface area contributed by atoms with Crippen LogP contribution < -0.4 is 25.0 Å². The average Bonchev–Trinajstić information content (AvgIpc) is 2.78. The summed E-state index contributed by atoms with van der Waals surface area (Å²) in [6, 6.07) is 13.8. The summed E-state index contributed by atoms with van der Waals surface area (Å²) < 4.78 is 10.6. The van der Waals surface area contributed by atoms with E-state index in [2.05, 4.69) is 21.7 Å². The molecule has 0 aromatic heterocycles. The number of hydrogen-bond donors (Lipinski definition) is 2. The van der Waals surface area contributed by atoms with Crippen LogP contribution >= 0.6 is 24.0 Å². The number of fused-ring (bicyclic) bond motifs is 1. The van der Waals surface area contributed by atoms with Crippen molar-refractivity contribution in [3.8, 4) is 11.5 Å². The number of para-hydroxylation sites is 1. The average molecular weight is 524 g/mol. The molecule has 0 saturated carbocycles. The first-order valence-corrected chi connectivity index (χ1v) is 9.70. The number of ether oxygens (including phenoxy) is 2. The summed E-state index contributed by atoms with van der Waals surface area (Å²) >= 11 is 0. The summed E-state index contributed by atoms with van der Waals surface area (Å²) in [4.78, 5) is 18.8. The second-order valence-electron chi connectivity index (χ2n) is 6.75. The van der Waals surface area contributed by atoms with Crippen LogP contribution in [0.15, 0.2) is 47.5 Å². The monoisotopic (exact) mass is 524 g/mol. The number of anilines is 1. The third-order valence-corrected chi connectivity index (χ3v) is 4.95. The lowest BCUT2D eigenvalue weighted by Gasteiger charge is -2.29. The van der Waals surface area contributed by atoms with E-state index in [1.807, 2.05) is 41.3 Å². The van der Waals surface area contributed by atoms with Crippen LogP contribution in [0.25, 0.3) is 0 Å². The summed E-state index contributed by atoms with van der Waals surface area (Å²) in [5.41, 5.74) is 3.25. The maximum Gasteiger partial charge on any atom is 0.246 e. The van der Waals surface area contributed by atoms with Crippen molar-refractivity contribution in [2.24, 2.45) is 4.99 Å². The Bertz CT molecular complexity index is 888. The van der Waals surface area contributed by atoms with Crippen molar-refractivity contribution in [1.29, 1.82) is 0 Å². The zero-order valence-corrected chi connectivity index (χ0v) is 19.9. The minimum Gasteiger partial charge on any atom is -0.493 e. The van der Waals surface area contributed by atoms with E-state index in [1.54, 1.807) is 21.3 Å². The summed E-state index contributed by atoms with van der Waals surface area (Å²) in [6.07, 6.45) is 2.00. The molecular weight excluding hydrogens is 495 g/mol. The van der Waals surface area contributed by atoms with E-state index in [0.29, 0.717) is 24.0 Å². The quantitative estimate of drug-likeness (QED) is 0.346. The van der Waals surface area contributed by atoms with Crippen molar-refractivity contribution in [2.45, 2.75) is 19.4 Å². The molecule has 0 saturated heterocycles. The van der Waals surface area contributed by atoms with Gasteiger partial charge >= 0.3 is 0 Å². The van der Waals surface area contributed by atoms with Crippen LogP contribution in [0.5, 0.6) is 11.5 Å². The molecule has 1 heterocycles. The van der Waals surface area contributed by atoms with Crippen LogP contribution in [-0.2, 0) is 17.8 Å². The molecule has 0 fully saturated rings. The van der Waals surface area contributed by atoms with Gasteiger partial charge in [-0.15, -0.1) is 24.0 Å². The molecule has 8 heteroatoms. The van der Waals surface area contributed by atoms with E-state index in [1.165, 1.54) is 5.56 Å². The van der Waals surface area contributed by atoms with Gasteiger partial charge in [0.15, 0.2) is 17.5 Å². The van der Waals surface area contributed by atoms with Gasteiger partial charge in [0.05, 0.1) is 20.8 Å². The molecule has 2 N–H and O–H groups in total. The Hall–Kier alpha value is -2.49. The van der Waals surface area contributed by atoms with E-state index in [4.69, 9.17) is 9.47 Å². The Morgan fingerprint density at radius 1 is 1.10 bits per heavy atom. The number of aliphatic imine (C=N–C) groups is 1. The van der Waals surface area contributed by atoms with Crippen LogP contribution in [0.1, 0.15) is 17.5 Å². The number of aryl methyl sites for hydroxylation is 1. The van der Waals surface area contributed by atoms with Crippen LogP contribution in [0, 0.1) is 0 Å². The predicted molar refractivity (Wildman–Crippen MR) is 130 cm³/mol. The number of amides is 1. The standard InChI is InChI=1S/C22H28N4O3.HI/c1-23-22(24-14-16-10-11-19(28-2)20(13-16)29-3)25-15-21(27)26-12-6-8-17-7-4-5-9-18(17)26;/h4-5,7,9-11,13H,6,8,12,14-15H2,1-3H3,(H2,23,24,25);1H. The normalized spacial score (nSPS) is 13.0. The molecule has 3 rings (SSSR count). The number of benzene rings is 2. The fourth-order valence-corrected chi connectivity index (χ4v) is 3.44. The Balaban J connectivity index is 0.00000320. The van der Waals surface area contributed by atoms with Crippen molar-refractivity contribution in [1.82, 2.24) is 10.6 Å². The number of methoxy groups -OCH3 is 2. The number of nitrogens with one attached hydrogen (secondary N) is 2. The van der Waals surface area contributed by atoms with E-state index >= 15 is 0 Å². The first kappa shape index (κ1) is 23.8. The molecule has 7 nitrogen and oxygen atoms in total. The number of rotatable bonds is 6. The number of guanidine groups is 1. The molecular formula is C22H29IN4O3. The highest BCUT2D eigenvalue weighted by Crippen LogP contribution is 2.28. The smallest absolute Gasteiger partial charge is 0.246 e. The van der Waals surface area contributed by atoms with Gasteiger partial charge in [-0.3, -0.25) is 9.79 Å². The van der Waals surface area contributed by atoms with E-state index < -0.39 is 0 Å². The molecule has 0 radical (unpaired) electrons. The third-order valence-electron chi connectivity index (χ3n) is 4.95. The van der Waals surface area contributed by atoms with Crippen LogP contribution in [-0.4, -0.2) is 46.2 Å². The van der Waals surface area contributed by atoms with Gasteiger partial charge in [0.2, 0.25) is 5.91 Å². The summed E-state index contributed by atoms with van der Waals surface area (Å²) in [5.74, 6) is 1.96. The minimum atomic E-state index is 0. The SMILES string of the molecule is CN=C(NCC(=O)N1CCCc2ccccc21)NCc1ccc(OC)c(OC)c1.I. The molecule has 0 aliphatic carbocycles. The second kappa shape index (κ2) is 11.6. The van der Waals surface area contributed by atoms with Crippen molar-refractivity contribution >= 4 is 41.5 Å². The zero-order valence-electron chi connectivity index (χ0n) is 17.6. The highest BCUT2D eigenvalue weighted by atomic mass is 127. The first-order chi connectivity index (χ1) is 14.2. The third kappa shape index (κ3) is 5.78. The molecule has 30 heavy (non-hydrogen) atoms. The number of halogens is 1. The van der Waals surface area contributed by atoms with Crippen molar-refractivity contribution in [3.05, 3.63) is 53.6 Å². The topological polar surface area (TPSA) is 75.2 Å². The Morgan fingerprint density at radius 2 is 1.87 bits per heavy atom. The van der Waals surface area contributed by atoms with Crippen molar-refractivity contribution < 1.29 is 14.3 Å². The molecule has 2 aromatic rings. The number of nitrogens with zero attached hydrogens (tertiary/aromatic N) is 2. The number of carbonyl (C=O) groups is 1.